The first-order valence-electron chi connectivity index (χ1n) is 7.21. The van der Waals surface area contributed by atoms with Crippen molar-refractivity contribution in [3.05, 3.63) is 23.8 Å². The van der Waals surface area contributed by atoms with Crippen LogP contribution in [-0.2, 0) is 4.79 Å². The zero-order valence-electron chi connectivity index (χ0n) is 12.5. The van der Waals surface area contributed by atoms with Crippen LogP contribution in [0.15, 0.2) is 18.2 Å². The third kappa shape index (κ3) is 3.74. The number of amides is 1. The third-order valence-corrected chi connectivity index (χ3v) is 3.80. The molecule has 1 aliphatic heterocycles. The fourth-order valence-corrected chi connectivity index (χ4v) is 2.57. The Morgan fingerprint density at radius 1 is 1.38 bits per heavy atom. The smallest absolute Gasteiger partial charge is 0.260 e. The molecule has 0 spiro atoms. The molecule has 1 unspecified atom stereocenters. The summed E-state index contributed by atoms with van der Waals surface area (Å²) in [5.41, 5.74) is 0.509. The monoisotopic (exact) mass is 291 g/mol. The van der Waals surface area contributed by atoms with Gasteiger partial charge in [0.15, 0.2) is 18.1 Å². The van der Waals surface area contributed by atoms with Gasteiger partial charge in [0.05, 0.1) is 7.11 Å². The number of likely N-dealkylation sites (tertiary alicyclic amines) is 1. The second kappa shape index (κ2) is 7.11. The van der Waals surface area contributed by atoms with Crippen molar-refractivity contribution in [2.24, 2.45) is 0 Å². The topological polar surface area (TPSA) is 55.8 Å². The molecule has 1 heterocycles. The van der Waals surface area contributed by atoms with Crippen molar-refractivity contribution >= 4 is 12.2 Å². The highest BCUT2D eigenvalue weighted by atomic mass is 16.5. The number of carbonyl (C=O) groups excluding carboxylic acids is 2. The first-order valence-corrected chi connectivity index (χ1v) is 7.21. The zero-order valence-corrected chi connectivity index (χ0v) is 12.5. The van der Waals surface area contributed by atoms with Crippen LogP contribution in [0, 0.1) is 0 Å². The van der Waals surface area contributed by atoms with Gasteiger partial charge >= 0.3 is 0 Å². The summed E-state index contributed by atoms with van der Waals surface area (Å²) in [6.07, 6.45) is 4.01. The van der Waals surface area contributed by atoms with Crippen molar-refractivity contribution < 1.29 is 19.1 Å². The molecular formula is C16H21NO4. The molecule has 1 aromatic rings. The van der Waals surface area contributed by atoms with E-state index in [4.69, 9.17) is 9.47 Å². The standard InChI is InChI=1S/C16H21NO4/c1-12-5-3-4-8-17(12)16(19)11-21-14-7-6-13(10-18)9-15(14)20-2/h6-7,9-10,12H,3-5,8,11H2,1-2H3. The predicted molar refractivity (Wildman–Crippen MR) is 78.9 cm³/mol. The van der Waals surface area contributed by atoms with E-state index in [1.807, 2.05) is 4.90 Å². The first-order chi connectivity index (χ1) is 10.2. The Kier molecular flexibility index (Phi) is 5.20. The second-order valence-corrected chi connectivity index (χ2v) is 5.25. The minimum atomic E-state index is -0.0128. The van der Waals surface area contributed by atoms with Gasteiger partial charge in [0.1, 0.15) is 6.29 Å². The quantitative estimate of drug-likeness (QED) is 0.781. The minimum Gasteiger partial charge on any atom is -0.493 e. The molecule has 0 saturated carbocycles. The van der Waals surface area contributed by atoms with Gasteiger partial charge in [-0.2, -0.15) is 0 Å². The van der Waals surface area contributed by atoms with E-state index in [0.717, 1.165) is 25.7 Å². The summed E-state index contributed by atoms with van der Waals surface area (Å²) in [5, 5.41) is 0. The lowest BCUT2D eigenvalue weighted by Crippen LogP contribution is -2.44. The first kappa shape index (κ1) is 15.4. The van der Waals surface area contributed by atoms with Crippen LogP contribution in [0.1, 0.15) is 36.5 Å². The predicted octanol–water partition coefficient (Wildman–Crippen LogP) is 2.29. The van der Waals surface area contributed by atoms with Gasteiger partial charge in [0.2, 0.25) is 0 Å². The highest BCUT2D eigenvalue weighted by molar-refractivity contribution is 5.79. The minimum absolute atomic E-state index is 0.0104. The third-order valence-electron chi connectivity index (χ3n) is 3.80. The van der Waals surface area contributed by atoms with Crippen molar-refractivity contribution in [2.45, 2.75) is 32.2 Å². The maximum atomic E-state index is 12.2. The lowest BCUT2D eigenvalue weighted by molar-refractivity contribution is -0.136. The van der Waals surface area contributed by atoms with Gasteiger partial charge in [-0.15, -0.1) is 0 Å². The Hall–Kier alpha value is -2.04. The maximum Gasteiger partial charge on any atom is 0.260 e. The fourth-order valence-electron chi connectivity index (χ4n) is 2.57. The molecule has 114 valence electrons. The average Bonchev–Trinajstić information content (AvgIpc) is 2.52. The molecular weight excluding hydrogens is 270 g/mol. The summed E-state index contributed by atoms with van der Waals surface area (Å²) in [6.45, 7) is 2.85. The zero-order chi connectivity index (χ0) is 15.2. The number of piperidine rings is 1. The molecule has 1 fully saturated rings. The number of rotatable bonds is 5. The molecule has 0 radical (unpaired) electrons. The molecule has 0 aliphatic carbocycles. The van der Waals surface area contributed by atoms with E-state index in [9.17, 15) is 9.59 Å². The van der Waals surface area contributed by atoms with E-state index in [1.54, 1.807) is 18.2 Å². The van der Waals surface area contributed by atoms with Crippen molar-refractivity contribution in [1.82, 2.24) is 4.90 Å². The van der Waals surface area contributed by atoms with Gasteiger partial charge < -0.3 is 14.4 Å². The molecule has 1 aromatic carbocycles. The highest BCUT2D eigenvalue weighted by Gasteiger charge is 2.23. The van der Waals surface area contributed by atoms with Gasteiger partial charge in [0, 0.05) is 18.2 Å². The van der Waals surface area contributed by atoms with Gasteiger partial charge in [-0.3, -0.25) is 9.59 Å². The van der Waals surface area contributed by atoms with Gasteiger partial charge in [0.25, 0.3) is 5.91 Å². The number of hydrogen-bond donors (Lipinski definition) is 0. The Bertz CT molecular complexity index is 515. The molecule has 1 saturated heterocycles. The number of nitrogens with zero attached hydrogens (tertiary/aromatic N) is 1. The Morgan fingerprint density at radius 2 is 2.19 bits per heavy atom. The molecule has 5 heteroatoms. The van der Waals surface area contributed by atoms with Crippen LogP contribution in [0.3, 0.4) is 0 Å². The lowest BCUT2D eigenvalue weighted by Gasteiger charge is -2.33. The molecule has 1 aliphatic rings. The summed E-state index contributed by atoms with van der Waals surface area (Å²) in [4.78, 5) is 24.8. The van der Waals surface area contributed by atoms with Crippen molar-refractivity contribution in [2.75, 3.05) is 20.3 Å². The average molecular weight is 291 g/mol. The van der Waals surface area contributed by atoms with Crippen molar-refractivity contribution in [3.63, 3.8) is 0 Å². The Labute approximate surface area is 124 Å². The largest absolute Gasteiger partial charge is 0.493 e. The molecule has 5 nitrogen and oxygen atoms in total. The van der Waals surface area contributed by atoms with Gasteiger partial charge in [-0.1, -0.05) is 0 Å². The second-order valence-electron chi connectivity index (χ2n) is 5.25. The number of ether oxygens (including phenoxy) is 2. The maximum absolute atomic E-state index is 12.2. The fraction of sp³-hybridized carbons (Fsp3) is 0.500. The van der Waals surface area contributed by atoms with Crippen molar-refractivity contribution in [3.8, 4) is 11.5 Å². The summed E-state index contributed by atoms with van der Waals surface area (Å²) in [7, 11) is 1.51. The van der Waals surface area contributed by atoms with E-state index >= 15 is 0 Å². The molecule has 0 aromatic heterocycles. The van der Waals surface area contributed by atoms with E-state index < -0.39 is 0 Å². The Morgan fingerprint density at radius 3 is 2.86 bits per heavy atom. The number of carbonyl (C=O) groups is 2. The van der Waals surface area contributed by atoms with E-state index in [2.05, 4.69) is 6.92 Å². The molecule has 1 atom stereocenters. The molecule has 1 amide bonds. The van der Waals surface area contributed by atoms with Gasteiger partial charge in [-0.05, 0) is 44.4 Å². The van der Waals surface area contributed by atoms with Crippen LogP contribution in [0.4, 0.5) is 0 Å². The number of methoxy groups -OCH3 is 1. The lowest BCUT2D eigenvalue weighted by atomic mass is 10.0. The number of aldehydes is 1. The van der Waals surface area contributed by atoms with Gasteiger partial charge in [-0.25, -0.2) is 0 Å². The van der Waals surface area contributed by atoms with Crippen LogP contribution < -0.4 is 9.47 Å². The van der Waals surface area contributed by atoms with Crippen LogP contribution in [0.25, 0.3) is 0 Å². The summed E-state index contributed by atoms with van der Waals surface area (Å²) < 4.78 is 10.7. The highest BCUT2D eigenvalue weighted by Crippen LogP contribution is 2.27. The molecule has 21 heavy (non-hydrogen) atoms. The van der Waals surface area contributed by atoms with Crippen molar-refractivity contribution in [1.29, 1.82) is 0 Å². The van der Waals surface area contributed by atoms with Crippen LogP contribution in [0.2, 0.25) is 0 Å². The number of benzene rings is 1. The van der Waals surface area contributed by atoms with Crippen LogP contribution in [0.5, 0.6) is 11.5 Å². The van der Waals surface area contributed by atoms with E-state index in [0.29, 0.717) is 17.1 Å². The van der Waals surface area contributed by atoms with Crippen LogP contribution in [-0.4, -0.2) is 43.4 Å². The SMILES string of the molecule is COc1cc(C=O)ccc1OCC(=O)N1CCCCC1C. The summed E-state index contributed by atoms with van der Waals surface area (Å²) in [5.74, 6) is 0.920. The van der Waals surface area contributed by atoms with E-state index in [1.165, 1.54) is 13.5 Å². The van der Waals surface area contributed by atoms with Crippen LogP contribution >= 0.6 is 0 Å². The number of hydrogen-bond acceptors (Lipinski definition) is 4. The summed E-state index contributed by atoms with van der Waals surface area (Å²) in [6, 6.07) is 5.15. The normalized spacial score (nSPS) is 18.2. The molecule has 0 N–H and O–H groups in total. The summed E-state index contributed by atoms with van der Waals surface area (Å²) >= 11 is 0. The molecule has 2 rings (SSSR count). The Balaban J connectivity index is 1.99. The van der Waals surface area contributed by atoms with E-state index in [-0.39, 0.29) is 18.6 Å². The molecule has 0 bridgehead atoms.